The highest BCUT2D eigenvalue weighted by Gasteiger charge is 2.10. The quantitative estimate of drug-likeness (QED) is 0.253. The predicted octanol–water partition coefficient (Wildman–Crippen LogP) is 1.40. The lowest BCUT2D eigenvalue weighted by molar-refractivity contribution is 0.0951. The summed E-state index contributed by atoms with van der Waals surface area (Å²) in [5.41, 5.74) is 6.00. The number of amides is 1. The SMILES string of the molecule is CC(CNC(=O)c1ccc(I)cc1)C(N)=NO. The third-order valence-corrected chi connectivity index (χ3v) is 3.01. The first-order valence-electron chi connectivity index (χ1n) is 5.05. The van der Waals surface area contributed by atoms with Gasteiger partial charge >= 0.3 is 0 Å². The molecule has 92 valence electrons. The van der Waals surface area contributed by atoms with Crippen LogP contribution in [0, 0.1) is 9.49 Å². The summed E-state index contributed by atoms with van der Waals surface area (Å²) in [6.45, 7) is 2.10. The van der Waals surface area contributed by atoms with Crippen LogP contribution in [0.2, 0.25) is 0 Å². The summed E-state index contributed by atoms with van der Waals surface area (Å²) in [5, 5.41) is 14.1. The average Bonchev–Trinajstić information content (AvgIpc) is 2.35. The maximum Gasteiger partial charge on any atom is 0.251 e. The lowest BCUT2D eigenvalue weighted by atomic mass is 10.1. The summed E-state index contributed by atoms with van der Waals surface area (Å²) in [5.74, 6) is -0.264. The number of carbonyl (C=O) groups excluding carboxylic acids is 1. The molecule has 1 unspecified atom stereocenters. The molecule has 0 aromatic heterocycles. The van der Waals surface area contributed by atoms with Gasteiger partial charge in [-0.05, 0) is 46.9 Å². The number of nitrogens with zero attached hydrogens (tertiary/aromatic N) is 1. The van der Waals surface area contributed by atoms with Crippen LogP contribution < -0.4 is 11.1 Å². The number of amidine groups is 1. The molecule has 0 aliphatic carbocycles. The number of benzene rings is 1. The van der Waals surface area contributed by atoms with Crippen molar-refractivity contribution in [3.05, 3.63) is 33.4 Å². The normalized spacial score (nSPS) is 13.2. The summed E-state index contributed by atoms with van der Waals surface area (Å²) in [6.07, 6.45) is 0. The Morgan fingerprint density at radius 2 is 2.12 bits per heavy atom. The molecule has 17 heavy (non-hydrogen) atoms. The average molecular weight is 347 g/mol. The minimum atomic E-state index is -0.201. The molecule has 4 N–H and O–H groups in total. The molecule has 0 radical (unpaired) electrons. The zero-order chi connectivity index (χ0) is 12.8. The number of rotatable bonds is 4. The van der Waals surface area contributed by atoms with Crippen LogP contribution in [0.5, 0.6) is 0 Å². The van der Waals surface area contributed by atoms with Crippen LogP contribution in [-0.2, 0) is 0 Å². The Balaban J connectivity index is 2.53. The highest BCUT2D eigenvalue weighted by atomic mass is 127. The standard InChI is InChI=1S/C11H14IN3O2/c1-7(10(13)15-17)6-14-11(16)8-2-4-9(12)5-3-8/h2-5,7,17H,6H2,1H3,(H2,13,15)(H,14,16). The Morgan fingerprint density at radius 3 is 2.65 bits per heavy atom. The van der Waals surface area contributed by atoms with Crippen LogP contribution in [0.15, 0.2) is 29.4 Å². The molecule has 1 aromatic carbocycles. The Labute approximate surface area is 113 Å². The zero-order valence-corrected chi connectivity index (χ0v) is 11.5. The van der Waals surface area contributed by atoms with E-state index >= 15 is 0 Å². The molecule has 0 saturated heterocycles. The maximum atomic E-state index is 11.7. The summed E-state index contributed by atoms with van der Waals surface area (Å²) < 4.78 is 1.07. The minimum absolute atomic E-state index is 0.105. The van der Waals surface area contributed by atoms with Crippen molar-refractivity contribution < 1.29 is 10.0 Å². The Morgan fingerprint density at radius 1 is 1.53 bits per heavy atom. The Hall–Kier alpha value is -1.31. The van der Waals surface area contributed by atoms with Gasteiger partial charge in [-0.15, -0.1) is 0 Å². The van der Waals surface area contributed by atoms with Gasteiger partial charge in [-0.25, -0.2) is 0 Å². The van der Waals surface area contributed by atoms with Gasteiger partial charge in [0.2, 0.25) is 0 Å². The van der Waals surface area contributed by atoms with Crippen LogP contribution in [0.3, 0.4) is 0 Å². The molecule has 0 heterocycles. The number of nitrogens with one attached hydrogen (secondary N) is 1. The Kier molecular flexibility index (Phi) is 5.20. The van der Waals surface area contributed by atoms with E-state index in [9.17, 15) is 4.79 Å². The van der Waals surface area contributed by atoms with Gasteiger partial charge in [0.1, 0.15) is 5.84 Å². The number of hydrogen-bond donors (Lipinski definition) is 3. The van der Waals surface area contributed by atoms with Crippen LogP contribution in [0.4, 0.5) is 0 Å². The lowest BCUT2D eigenvalue weighted by Crippen LogP contribution is -2.34. The van der Waals surface area contributed by atoms with Gasteiger partial charge in [0.25, 0.3) is 5.91 Å². The molecule has 0 bridgehead atoms. The molecule has 0 aliphatic heterocycles. The van der Waals surface area contributed by atoms with E-state index in [-0.39, 0.29) is 17.7 Å². The number of hydrogen-bond acceptors (Lipinski definition) is 3. The largest absolute Gasteiger partial charge is 0.409 e. The van der Waals surface area contributed by atoms with E-state index in [1.165, 1.54) is 0 Å². The molecule has 6 heteroatoms. The molecule has 0 aliphatic rings. The van der Waals surface area contributed by atoms with Gasteiger partial charge in [0.15, 0.2) is 0 Å². The molecule has 1 aromatic rings. The number of carbonyl (C=O) groups is 1. The summed E-state index contributed by atoms with van der Waals surface area (Å²) in [7, 11) is 0. The minimum Gasteiger partial charge on any atom is -0.409 e. The predicted molar refractivity (Wildman–Crippen MR) is 74.1 cm³/mol. The lowest BCUT2D eigenvalue weighted by Gasteiger charge is -2.10. The molecule has 0 saturated carbocycles. The second-order valence-electron chi connectivity index (χ2n) is 3.64. The van der Waals surface area contributed by atoms with E-state index in [4.69, 9.17) is 10.9 Å². The highest BCUT2D eigenvalue weighted by molar-refractivity contribution is 14.1. The van der Waals surface area contributed by atoms with E-state index in [1.54, 1.807) is 19.1 Å². The van der Waals surface area contributed by atoms with Crippen molar-refractivity contribution in [2.24, 2.45) is 16.8 Å². The van der Waals surface area contributed by atoms with E-state index in [0.29, 0.717) is 12.1 Å². The molecule has 1 atom stereocenters. The molecular formula is C11H14IN3O2. The van der Waals surface area contributed by atoms with E-state index < -0.39 is 0 Å². The monoisotopic (exact) mass is 347 g/mol. The fourth-order valence-corrected chi connectivity index (χ4v) is 1.51. The first kappa shape index (κ1) is 13.8. The van der Waals surface area contributed by atoms with Crippen LogP contribution >= 0.6 is 22.6 Å². The Bertz CT molecular complexity index is 417. The summed E-state index contributed by atoms with van der Waals surface area (Å²) >= 11 is 2.17. The first-order chi connectivity index (χ1) is 8.04. The highest BCUT2D eigenvalue weighted by Crippen LogP contribution is 2.06. The molecule has 0 fully saturated rings. The molecule has 5 nitrogen and oxygen atoms in total. The third kappa shape index (κ3) is 4.22. The first-order valence-corrected chi connectivity index (χ1v) is 6.13. The molecular weight excluding hydrogens is 333 g/mol. The molecule has 1 amide bonds. The van der Waals surface area contributed by atoms with Gasteiger partial charge in [0.05, 0.1) is 0 Å². The summed E-state index contributed by atoms with van der Waals surface area (Å²) in [6, 6.07) is 7.24. The molecule has 1 rings (SSSR count). The van der Waals surface area contributed by atoms with Gasteiger partial charge in [-0.3, -0.25) is 4.79 Å². The third-order valence-electron chi connectivity index (χ3n) is 2.30. The van der Waals surface area contributed by atoms with Crippen molar-refractivity contribution in [2.75, 3.05) is 6.54 Å². The van der Waals surface area contributed by atoms with Crippen molar-refractivity contribution in [1.82, 2.24) is 5.32 Å². The molecule has 0 spiro atoms. The second kappa shape index (κ2) is 6.43. The van der Waals surface area contributed by atoms with Gasteiger partial charge in [-0.2, -0.15) is 0 Å². The van der Waals surface area contributed by atoms with Crippen molar-refractivity contribution in [3.63, 3.8) is 0 Å². The number of halogens is 1. The van der Waals surface area contributed by atoms with E-state index in [0.717, 1.165) is 3.57 Å². The van der Waals surface area contributed by atoms with Crippen LogP contribution in [-0.4, -0.2) is 23.5 Å². The van der Waals surface area contributed by atoms with Crippen molar-refractivity contribution >= 4 is 34.3 Å². The maximum absolute atomic E-state index is 11.7. The van der Waals surface area contributed by atoms with Crippen molar-refractivity contribution in [2.45, 2.75) is 6.92 Å². The van der Waals surface area contributed by atoms with Gasteiger partial charge < -0.3 is 16.3 Å². The van der Waals surface area contributed by atoms with Crippen LogP contribution in [0.1, 0.15) is 17.3 Å². The van der Waals surface area contributed by atoms with Crippen molar-refractivity contribution in [1.29, 1.82) is 0 Å². The fourth-order valence-electron chi connectivity index (χ4n) is 1.15. The van der Waals surface area contributed by atoms with E-state index in [2.05, 4.69) is 33.1 Å². The number of oxime groups is 1. The zero-order valence-electron chi connectivity index (χ0n) is 9.35. The van der Waals surface area contributed by atoms with Gasteiger partial charge in [0, 0.05) is 21.6 Å². The van der Waals surface area contributed by atoms with Gasteiger partial charge in [-0.1, -0.05) is 12.1 Å². The fraction of sp³-hybridized carbons (Fsp3) is 0.273. The smallest absolute Gasteiger partial charge is 0.251 e. The second-order valence-corrected chi connectivity index (χ2v) is 4.89. The number of nitrogens with two attached hydrogens (primary N) is 1. The topological polar surface area (TPSA) is 87.7 Å². The van der Waals surface area contributed by atoms with E-state index in [1.807, 2.05) is 12.1 Å². The van der Waals surface area contributed by atoms with Crippen molar-refractivity contribution in [3.8, 4) is 0 Å². The van der Waals surface area contributed by atoms with Crippen LogP contribution in [0.25, 0.3) is 0 Å². The summed E-state index contributed by atoms with van der Waals surface area (Å²) in [4.78, 5) is 11.7.